The fourth-order valence-corrected chi connectivity index (χ4v) is 6.79. The highest BCUT2D eigenvalue weighted by molar-refractivity contribution is 6.28. The Morgan fingerprint density at radius 2 is 0.854 bits per heavy atom. The van der Waals surface area contributed by atoms with Gasteiger partial charge >= 0.3 is 0 Å². The van der Waals surface area contributed by atoms with E-state index in [0.29, 0.717) is 23.2 Å². The van der Waals surface area contributed by atoms with Crippen LogP contribution in [0.4, 0.5) is 0 Å². The zero-order chi connectivity index (χ0) is 31.9. The van der Waals surface area contributed by atoms with Crippen LogP contribution in [-0.2, 0) is 0 Å². The van der Waals surface area contributed by atoms with E-state index in [1.54, 1.807) is 6.20 Å². The quantitative estimate of drug-likeness (QED) is 0.181. The Morgan fingerprint density at radius 1 is 0.312 bits per heavy atom. The number of hydrogen-bond donors (Lipinski definition) is 0. The van der Waals surface area contributed by atoms with Gasteiger partial charge in [0.15, 0.2) is 17.5 Å². The van der Waals surface area contributed by atoms with Gasteiger partial charge in [-0.25, -0.2) is 15.0 Å². The third-order valence-electron chi connectivity index (χ3n) is 8.98. The van der Waals surface area contributed by atoms with Crippen LogP contribution in [0.15, 0.2) is 170 Å². The number of hydrogen-bond acceptors (Lipinski definition) is 4. The Bertz CT molecular complexity index is 2500. The number of aromatic nitrogens is 4. The first-order valence-corrected chi connectivity index (χ1v) is 16.1. The van der Waals surface area contributed by atoms with Crippen LogP contribution < -0.4 is 0 Å². The molecular formula is C44H28N4. The lowest BCUT2D eigenvalue weighted by Gasteiger charge is -2.17. The monoisotopic (exact) mass is 612 g/mol. The van der Waals surface area contributed by atoms with Gasteiger partial charge in [-0.3, -0.25) is 4.98 Å². The fraction of sp³-hybridized carbons (Fsp3) is 0. The van der Waals surface area contributed by atoms with Crippen LogP contribution in [0, 0.1) is 0 Å². The molecule has 0 N–H and O–H groups in total. The van der Waals surface area contributed by atoms with Crippen LogP contribution in [0.2, 0.25) is 0 Å². The van der Waals surface area contributed by atoms with Crippen molar-refractivity contribution >= 4 is 32.3 Å². The summed E-state index contributed by atoms with van der Waals surface area (Å²) in [5.41, 5.74) is 7.11. The third-order valence-corrected chi connectivity index (χ3v) is 8.98. The van der Waals surface area contributed by atoms with Crippen molar-refractivity contribution in [3.8, 4) is 56.5 Å². The van der Waals surface area contributed by atoms with Crippen LogP contribution in [-0.4, -0.2) is 19.9 Å². The Hall–Kier alpha value is -6.52. The van der Waals surface area contributed by atoms with E-state index in [0.717, 1.165) is 27.8 Å². The van der Waals surface area contributed by atoms with Crippen molar-refractivity contribution in [2.24, 2.45) is 0 Å². The number of rotatable bonds is 5. The van der Waals surface area contributed by atoms with Gasteiger partial charge in [0.05, 0.1) is 0 Å². The summed E-state index contributed by atoms with van der Waals surface area (Å²) in [6, 6.07) is 57.1. The predicted octanol–water partition coefficient (Wildman–Crippen LogP) is 11.1. The Kier molecular flexibility index (Phi) is 6.76. The Morgan fingerprint density at radius 3 is 1.52 bits per heavy atom. The summed E-state index contributed by atoms with van der Waals surface area (Å²) >= 11 is 0. The van der Waals surface area contributed by atoms with Crippen LogP contribution in [0.25, 0.3) is 88.9 Å². The van der Waals surface area contributed by atoms with Gasteiger partial charge in [0.25, 0.3) is 0 Å². The van der Waals surface area contributed by atoms with E-state index in [2.05, 4.69) is 120 Å². The molecular weight excluding hydrogens is 585 g/mol. The van der Waals surface area contributed by atoms with Crippen molar-refractivity contribution < 1.29 is 0 Å². The zero-order valence-electron chi connectivity index (χ0n) is 26.0. The van der Waals surface area contributed by atoms with Crippen molar-refractivity contribution in [3.63, 3.8) is 0 Å². The van der Waals surface area contributed by atoms with Gasteiger partial charge < -0.3 is 0 Å². The first-order valence-electron chi connectivity index (χ1n) is 16.1. The van der Waals surface area contributed by atoms with Gasteiger partial charge in [-0.1, -0.05) is 146 Å². The standard InChI is InChI=1S/C44H28N4/c1-3-14-29(15-4-1)39-28-31(43-46-42(30-16-5-2-6-17-30)47-44(48-43)40-24-11-12-27-45-40)25-26-35(39)38-23-13-22-37-34-19-8-7-18-32(34)33-20-9-10-21-36(33)41(37)38/h1-28H. The van der Waals surface area contributed by atoms with Crippen molar-refractivity contribution in [2.75, 3.05) is 0 Å². The maximum atomic E-state index is 5.01. The molecule has 0 aliphatic rings. The Labute approximate surface area is 278 Å². The maximum Gasteiger partial charge on any atom is 0.182 e. The normalized spacial score (nSPS) is 11.3. The van der Waals surface area contributed by atoms with E-state index in [-0.39, 0.29) is 0 Å². The molecule has 48 heavy (non-hydrogen) atoms. The fourth-order valence-electron chi connectivity index (χ4n) is 6.79. The van der Waals surface area contributed by atoms with Crippen molar-refractivity contribution in [1.82, 2.24) is 19.9 Å². The van der Waals surface area contributed by atoms with E-state index in [1.807, 2.05) is 48.5 Å². The second kappa shape index (κ2) is 11.7. The number of benzene rings is 7. The minimum absolute atomic E-state index is 0.539. The second-order valence-corrected chi connectivity index (χ2v) is 11.8. The van der Waals surface area contributed by atoms with Crippen molar-refractivity contribution in [2.45, 2.75) is 0 Å². The molecule has 4 nitrogen and oxygen atoms in total. The van der Waals surface area contributed by atoms with E-state index >= 15 is 0 Å². The smallest absolute Gasteiger partial charge is 0.182 e. The lowest BCUT2D eigenvalue weighted by atomic mass is 9.86. The summed E-state index contributed by atoms with van der Waals surface area (Å²) in [5.74, 6) is 1.75. The average Bonchev–Trinajstić information content (AvgIpc) is 3.18. The van der Waals surface area contributed by atoms with E-state index in [1.165, 1.54) is 37.9 Å². The molecule has 0 aliphatic carbocycles. The molecule has 0 atom stereocenters. The summed E-state index contributed by atoms with van der Waals surface area (Å²) in [7, 11) is 0. The van der Waals surface area contributed by atoms with Gasteiger partial charge in [0, 0.05) is 17.3 Å². The summed E-state index contributed by atoms with van der Waals surface area (Å²) in [6.45, 7) is 0. The first-order chi connectivity index (χ1) is 23.8. The molecule has 0 saturated carbocycles. The molecule has 0 aliphatic heterocycles. The highest BCUT2D eigenvalue weighted by Crippen LogP contribution is 2.43. The topological polar surface area (TPSA) is 51.6 Å². The molecule has 0 saturated heterocycles. The lowest BCUT2D eigenvalue weighted by Crippen LogP contribution is -2.01. The highest BCUT2D eigenvalue weighted by Gasteiger charge is 2.18. The van der Waals surface area contributed by atoms with Gasteiger partial charge in [-0.2, -0.15) is 0 Å². The van der Waals surface area contributed by atoms with Gasteiger partial charge in [0.1, 0.15) is 5.69 Å². The molecule has 9 aromatic rings. The molecule has 0 radical (unpaired) electrons. The molecule has 2 aromatic heterocycles. The zero-order valence-corrected chi connectivity index (χ0v) is 26.0. The largest absolute Gasteiger partial charge is 0.253 e. The molecule has 0 unspecified atom stereocenters. The van der Waals surface area contributed by atoms with Crippen LogP contribution >= 0.6 is 0 Å². The van der Waals surface area contributed by atoms with E-state index < -0.39 is 0 Å². The van der Waals surface area contributed by atoms with Crippen LogP contribution in [0.1, 0.15) is 0 Å². The molecule has 224 valence electrons. The lowest BCUT2D eigenvalue weighted by molar-refractivity contribution is 1.06. The molecule has 2 heterocycles. The van der Waals surface area contributed by atoms with E-state index in [9.17, 15) is 0 Å². The molecule has 0 fully saturated rings. The van der Waals surface area contributed by atoms with Gasteiger partial charge in [-0.05, 0) is 72.8 Å². The highest BCUT2D eigenvalue weighted by atomic mass is 15.0. The van der Waals surface area contributed by atoms with Crippen molar-refractivity contribution in [1.29, 1.82) is 0 Å². The number of nitrogens with zero attached hydrogens (tertiary/aromatic N) is 4. The number of pyridine rings is 1. The minimum Gasteiger partial charge on any atom is -0.253 e. The summed E-state index contributed by atoms with van der Waals surface area (Å²) in [6.07, 6.45) is 1.76. The van der Waals surface area contributed by atoms with E-state index in [4.69, 9.17) is 15.0 Å². The van der Waals surface area contributed by atoms with Crippen LogP contribution in [0.3, 0.4) is 0 Å². The summed E-state index contributed by atoms with van der Waals surface area (Å²) in [4.78, 5) is 19.4. The molecule has 4 heteroatoms. The molecule has 7 aromatic carbocycles. The SMILES string of the molecule is c1ccc(-c2nc(-c3ccc(-c4cccc5c6ccccc6c6ccccc6c45)c(-c4ccccc4)c3)nc(-c3ccccn3)n2)cc1. The Balaban J connectivity index is 1.31. The van der Waals surface area contributed by atoms with Crippen LogP contribution in [0.5, 0.6) is 0 Å². The molecule has 9 rings (SSSR count). The molecule has 0 amide bonds. The average molecular weight is 613 g/mol. The third kappa shape index (κ3) is 4.79. The predicted molar refractivity (Wildman–Crippen MR) is 197 cm³/mol. The van der Waals surface area contributed by atoms with Gasteiger partial charge in [0.2, 0.25) is 0 Å². The summed E-state index contributed by atoms with van der Waals surface area (Å²) < 4.78 is 0. The summed E-state index contributed by atoms with van der Waals surface area (Å²) in [5, 5.41) is 7.52. The maximum absolute atomic E-state index is 5.01. The van der Waals surface area contributed by atoms with Gasteiger partial charge in [-0.15, -0.1) is 0 Å². The first kappa shape index (κ1) is 27.8. The number of fused-ring (bicyclic) bond motifs is 6. The molecule has 0 bridgehead atoms. The molecule has 0 spiro atoms. The van der Waals surface area contributed by atoms with Crippen molar-refractivity contribution in [3.05, 3.63) is 170 Å². The second-order valence-electron chi connectivity index (χ2n) is 11.8. The minimum atomic E-state index is 0.539.